The Morgan fingerprint density at radius 1 is 1.09 bits per heavy atom. The zero-order valence-electron chi connectivity index (χ0n) is 18.6. The van der Waals surface area contributed by atoms with Gasteiger partial charge in [-0.3, -0.25) is 4.68 Å². The molecule has 0 radical (unpaired) electrons. The second kappa shape index (κ2) is 8.33. The molecule has 1 saturated heterocycles. The summed E-state index contributed by atoms with van der Waals surface area (Å²) in [6, 6.07) is 10.1. The lowest BCUT2D eigenvalue weighted by molar-refractivity contribution is 0.122. The zero-order valence-corrected chi connectivity index (χ0v) is 18.6. The second-order valence-corrected chi connectivity index (χ2v) is 7.99. The summed E-state index contributed by atoms with van der Waals surface area (Å²) in [5.41, 5.74) is 4.27. The molecule has 0 spiro atoms. The molecule has 1 N–H and O–H groups in total. The molecular formula is C23H27N7O2. The first-order chi connectivity index (χ1) is 15.5. The Hall–Kier alpha value is -3.30. The number of benzene rings is 1. The average Bonchev–Trinajstić information content (AvgIpc) is 3.42. The number of imidazole rings is 1. The monoisotopic (exact) mass is 433 g/mol. The van der Waals surface area contributed by atoms with Gasteiger partial charge < -0.3 is 19.3 Å². The van der Waals surface area contributed by atoms with Gasteiger partial charge in [-0.2, -0.15) is 5.10 Å². The number of aryl methyl sites for hydroxylation is 2. The van der Waals surface area contributed by atoms with Gasteiger partial charge in [0.1, 0.15) is 11.9 Å². The van der Waals surface area contributed by atoms with Gasteiger partial charge in [-0.1, -0.05) is 18.2 Å². The number of aromatic nitrogens is 6. The molecule has 1 aromatic carbocycles. The van der Waals surface area contributed by atoms with Crippen LogP contribution in [-0.4, -0.2) is 60.7 Å². The minimum atomic E-state index is -0.697. The lowest BCUT2D eigenvalue weighted by Crippen LogP contribution is -2.37. The Balaban J connectivity index is 1.70. The van der Waals surface area contributed by atoms with Crippen molar-refractivity contribution in [3.05, 3.63) is 42.4 Å². The van der Waals surface area contributed by atoms with Crippen LogP contribution in [0.4, 0.5) is 5.82 Å². The molecule has 0 saturated carbocycles. The fourth-order valence-electron chi connectivity index (χ4n) is 4.15. The van der Waals surface area contributed by atoms with Crippen molar-refractivity contribution in [3.8, 4) is 22.6 Å². The van der Waals surface area contributed by atoms with Crippen LogP contribution in [0.2, 0.25) is 0 Å². The predicted molar refractivity (Wildman–Crippen MR) is 122 cm³/mol. The molecule has 5 rings (SSSR count). The predicted octanol–water partition coefficient (Wildman–Crippen LogP) is 2.80. The maximum Gasteiger partial charge on any atom is 0.166 e. The highest BCUT2D eigenvalue weighted by Crippen LogP contribution is 2.31. The largest absolute Gasteiger partial charge is 0.385 e. The van der Waals surface area contributed by atoms with Crippen molar-refractivity contribution in [2.45, 2.75) is 26.5 Å². The van der Waals surface area contributed by atoms with E-state index in [9.17, 15) is 5.11 Å². The topological polar surface area (TPSA) is 94.1 Å². The summed E-state index contributed by atoms with van der Waals surface area (Å²) < 4.78 is 9.30. The van der Waals surface area contributed by atoms with Gasteiger partial charge in [-0.25, -0.2) is 15.0 Å². The van der Waals surface area contributed by atoms with Crippen LogP contribution in [0.25, 0.3) is 33.8 Å². The molecule has 166 valence electrons. The quantitative estimate of drug-likeness (QED) is 0.517. The molecule has 0 amide bonds. The summed E-state index contributed by atoms with van der Waals surface area (Å²) in [6.45, 7) is 7.19. The Kier molecular flexibility index (Phi) is 5.36. The van der Waals surface area contributed by atoms with Gasteiger partial charge in [0.2, 0.25) is 0 Å². The zero-order chi connectivity index (χ0) is 22.2. The number of nitrogens with zero attached hydrogens (tertiary/aromatic N) is 7. The van der Waals surface area contributed by atoms with Crippen molar-refractivity contribution in [3.63, 3.8) is 0 Å². The first-order valence-electron chi connectivity index (χ1n) is 10.9. The first kappa shape index (κ1) is 20.6. The number of hydrogen-bond acceptors (Lipinski definition) is 7. The normalized spacial score (nSPS) is 15.4. The van der Waals surface area contributed by atoms with Gasteiger partial charge in [0.05, 0.1) is 18.9 Å². The SMILES string of the molecule is CCn1c(C(C)O)nc2c(N3CCOCC3)nc(-c3cccc(-c4ccn(C)n4)c3)nc21. The van der Waals surface area contributed by atoms with Gasteiger partial charge >= 0.3 is 0 Å². The fourth-order valence-corrected chi connectivity index (χ4v) is 4.15. The van der Waals surface area contributed by atoms with Gasteiger partial charge in [0, 0.05) is 44.0 Å². The summed E-state index contributed by atoms with van der Waals surface area (Å²) >= 11 is 0. The van der Waals surface area contributed by atoms with Crippen LogP contribution in [0.1, 0.15) is 25.8 Å². The fraction of sp³-hybridized carbons (Fsp3) is 0.391. The number of aliphatic hydroxyl groups excluding tert-OH is 1. The molecule has 3 aromatic heterocycles. The standard InChI is InChI=1S/C23H27N7O2/c1-4-30-21(15(2)31)24-19-22(29-10-12-32-13-11-29)25-20(26-23(19)30)17-7-5-6-16(14-17)18-8-9-28(3)27-18/h5-9,14-15,31H,4,10-13H2,1-3H3. The van der Waals surface area contributed by atoms with Crippen molar-refractivity contribution >= 4 is 17.0 Å². The highest BCUT2D eigenvalue weighted by molar-refractivity contribution is 5.86. The van der Waals surface area contributed by atoms with E-state index in [-0.39, 0.29) is 0 Å². The number of hydrogen-bond donors (Lipinski definition) is 1. The summed E-state index contributed by atoms with van der Waals surface area (Å²) in [5, 5.41) is 14.8. The smallest absolute Gasteiger partial charge is 0.166 e. The number of rotatable bonds is 5. The molecule has 0 bridgehead atoms. The van der Waals surface area contributed by atoms with Crippen LogP contribution in [0, 0.1) is 0 Å². The van der Waals surface area contributed by atoms with Crippen LogP contribution in [-0.2, 0) is 18.3 Å². The molecule has 1 aliphatic heterocycles. The molecule has 1 unspecified atom stereocenters. The van der Waals surface area contributed by atoms with Crippen LogP contribution < -0.4 is 4.90 Å². The van der Waals surface area contributed by atoms with E-state index in [4.69, 9.17) is 19.7 Å². The third-order valence-electron chi connectivity index (χ3n) is 5.74. The Morgan fingerprint density at radius 2 is 1.88 bits per heavy atom. The third kappa shape index (κ3) is 3.63. The highest BCUT2D eigenvalue weighted by atomic mass is 16.5. The summed E-state index contributed by atoms with van der Waals surface area (Å²) in [6.07, 6.45) is 1.23. The number of ether oxygens (including phenoxy) is 1. The van der Waals surface area contributed by atoms with E-state index in [0.717, 1.165) is 41.4 Å². The highest BCUT2D eigenvalue weighted by Gasteiger charge is 2.24. The van der Waals surface area contributed by atoms with Gasteiger partial charge in [-0.15, -0.1) is 0 Å². The van der Waals surface area contributed by atoms with Crippen LogP contribution in [0.5, 0.6) is 0 Å². The summed E-state index contributed by atoms with van der Waals surface area (Å²) in [4.78, 5) is 16.8. The van der Waals surface area contributed by atoms with E-state index >= 15 is 0 Å². The minimum absolute atomic E-state index is 0.602. The van der Waals surface area contributed by atoms with Gasteiger partial charge in [0.25, 0.3) is 0 Å². The van der Waals surface area contributed by atoms with Gasteiger partial charge in [-0.05, 0) is 26.0 Å². The first-order valence-corrected chi connectivity index (χ1v) is 10.9. The maximum absolute atomic E-state index is 10.3. The minimum Gasteiger partial charge on any atom is -0.385 e. The lowest BCUT2D eigenvalue weighted by atomic mass is 10.1. The molecule has 4 heterocycles. The average molecular weight is 434 g/mol. The van der Waals surface area contributed by atoms with Crippen molar-refractivity contribution in [2.24, 2.45) is 7.05 Å². The number of fused-ring (bicyclic) bond motifs is 1. The van der Waals surface area contributed by atoms with Gasteiger partial charge in [0.15, 0.2) is 22.8 Å². The van der Waals surface area contributed by atoms with Crippen molar-refractivity contribution < 1.29 is 9.84 Å². The molecule has 1 fully saturated rings. The Bertz CT molecular complexity index is 1250. The Labute approximate surface area is 186 Å². The van der Waals surface area contributed by atoms with Crippen LogP contribution in [0.15, 0.2) is 36.5 Å². The van der Waals surface area contributed by atoms with Crippen molar-refractivity contribution in [1.82, 2.24) is 29.3 Å². The van der Waals surface area contributed by atoms with E-state index in [2.05, 4.69) is 16.1 Å². The molecule has 1 atom stereocenters. The molecule has 9 nitrogen and oxygen atoms in total. The van der Waals surface area contributed by atoms with Crippen molar-refractivity contribution in [2.75, 3.05) is 31.2 Å². The van der Waals surface area contributed by atoms with E-state index in [1.165, 1.54) is 0 Å². The van der Waals surface area contributed by atoms with Crippen LogP contribution in [0.3, 0.4) is 0 Å². The Morgan fingerprint density at radius 3 is 2.56 bits per heavy atom. The summed E-state index contributed by atoms with van der Waals surface area (Å²) in [5.74, 6) is 2.01. The van der Waals surface area contributed by atoms with E-state index in [0.29, 0.717) is 36.9 Å². The maximum atomic E-state index is 10.3. The summed E-state index contributed by atoms with van der Waals surface area (Å²) in [7, 11) is 1.91. The van der Waals surface area contributed by atoms with Crippen molar-refractivity contribution in [1.29, 1.82) is 0 Å². The molecule has 32 heavy (non-hydrogen) atoms. The van der Waals surface area contributed by atoms with E-state index in [1.807, 2.05) is 49.0 Å². The van der Waals surface area contributed by atoms with E-state index < -0.39 is 6.10 Å². The lowest BCUT2D eigenvalue weighted by Gasteiger charge is -2.28. The second-order valence-electron chi connectivity index (χ2n) is 7.99. The third-order valence-corrected chi connectivity index (χ3v) is 5.74. The molecule has 1 aliphatic rings. The number of aliphatic hydroxyl groups is 1. The van der Waals surface area contributed by atoms with E-state index in [1.54, 1.807) is 11.6 Å². The number of morpholine rings is 1. The molecule has 9 heteroatoms. The molecular weight excluding hydrogens is 406 g/mol. The number of anilines is 1. The molecule has 4 aromatic rings. The van der Waals surface area contributed by atoms with Crippen LogP contribution >= 0.6 is 0 Å². The molecule has 0 aliphatic carbocycles.